The van der Waals surface area contributed by atoms with E-state index in [0.29, 0.717) is 19.4 Å². The highest BCUT2D eigenvalue weighted by Gasteiger charge is 2.62. The molecule has 2 saturated carbocycles. The number of aliphatic hydroxyl groups is 1. The van der Waals surface area contributed by atoms with E-state index in [1.54, 1.807) is 0 Å². The zero-order valence-electron chi connectivity index (χ0n) is 17.4. The third-order valence-corrected chi connectivity index (χ3v) is 9.89. The SMILES string of the molecule is O=C(Nc1ccc(F)c(F)c1)c1ccc(Cl)c(S(=O)(=O)C2C[C@H]3CC[C@@H](C2)C3(O)C2CO2)c1. The summed E-state index contributed by atoms with van der Waals surface area (Å²) < 4.78 is 59.0. The van der Waals surface area contributed by atoms with Gasteiger partial charge in [0.25, 0.3) is 5.91 Å². The molecule has 10 heteroatoms. The molecule has 6 nitrogen and oxygen atoms in total. The van der Waals surface area contributed by atoms with Crippen LogP contribution in [0.2, 0.25) is 5.02 Å². The average Bonchev–Trinajstić information content (AvgIpc) is 3.60. The monoisotopic (exact) mass is 497 g/mol. The van der Waals surface area contributed by atoms with Crippen LogP contribution in [0, 0.1) is 23.5 Å². The topological polar surface area (TPSA) is 96.0 Å². The maximum Gasteiger partial charge on any atom is 0.255 e. The predicted molar refractivity (Wildman–Crippen MR) is 117 cm³/mol. The van der Waals surface area contributed by atoms with Crippen molar-refractivity contribution in [2.75, 3.05) is 11.9 Å². The first kappa shape index (κ1) is 22.7. The lowest BCUT2D eigenvalue weighted by atomic mass is 9.72. The van der Waals surface area contributed by atoms with Crippen molar-refractivity contribution < 1.29 is 31.8 Å². The van der Waals surface area contributed by atoms with E-state index in [9.17, 15) is 27.1 Å². The van der Waals surface area contributed by atoms with Crippen LogP contribution < -0.4 is 5.32 Å². The van der Waals surface area contributed by atoms with Crippen molar-refractivity contribution >= 4 is 33.0 Å². The zero-order valence-corrected chi connectivity index (χ0v) is 19.0. The van der Waals surface area contributed by atoms with E-state index in [-0.39, 0.29) is 39.1 Å². The minimum Gasteiger partial charge on any atom is -0.387 e. The fraction of sp³-hybridized carbons (Fsp3) is 0.435. The first-order valence-electron chi connectivity index (χ1n) is 10.7. The fourth-order valence-corrected chi connectivity index (χ4v) is 7.86. The molecule has 2 bridgehead atoms. The second-order valence-corrected chi connectivity index (χ2v) is 11.7. The van der Waals surface area contributed by atoms with Gasteiger partial charge < -0.3 is 15.2 Å². The molecule has 2 N–H and O–H groups in total. The summed E-state index contributed by atoms with van der Waals surface area (Å²) in [6.07, 6.45) is 1.88. The Kier molecular flexibility index (Phi) is 5.51. The quantitative estimate of drug-likeness (QED) is 0.609. The first-order valence-corrected chi connectivity index (χ1v) is 12.7. The van der Waals surface area contributed by atoms with Crippen molar-refractivity contribution in [2.24, 2.45) is 11.8 Å². The minimum absolute atomic E-state index is 0.00177. The number of anilines is 1. The molecule has 0 spiro atoms. The van der Waals surface area contributed by atoms with Gasteiger partial charge in [0, 0.05) is 17.3 Å². The fourth-order valence-electron chi connectivity index (χ4n) is 5.46. The number of fused-ring (bicyclic) bond motifs is 2. The Morgan fingerprint density at radius 3 is 2.36 bits per heavy atom. The molecule has 1 aliphatic heterocycles. The lowest BCUT2D eigenvalue weighted by Gasteiger charge is -2.41. The summed E-state index contributed by atoms with van der Waals surface area (Å²) >= 11 is 6.24. The molecule has 0 aromatic heterocycles. The third kappa shape index (κ3) is 3.84. The van der Waals surface area contributed by atoms with Crippen molar-refractivity contribution in [3.05, 3.63) is 58.6 Å². The van der Waals surface area contributed by atoms with Gasteiger partial charge in [-0.3, -0.25) is 4.79 Å². The molecule has 3 unspecified atom stereocenters. The average molecular weight is 498 g/mol. The number of amides is 1. The molecule has 1 heterocycles. The van der Waals surface area contributed by atoms with Crippen molar-refractivity contribution in [2.45, 2.75) is 47.5 Å². The Hall–Kier alpha value is -2.07. The minimum atomic E-state index is -3.89. The van der Waals surface area contributed by atoms with E-state index in [0.717, 1.165) is 25.0 Å². The highest BCUT2D eigenvalue weighted by molar-refractivity contribution is 7.92. The number of sulfone groups is 1. The van der Waals surface area contributed by atoms with Crippen LogP contribution >= 0.6 is 11.6 Å². The van der Waals surface area contributed by atoms with E-state index in [1.165, 1.54) is 24.3 Å². The molecule has 33 heavy (non-hydrogen) atoms. The normalized spacial score (nSPS) is 30.8. The number of carbonyl (C=O) groups excluding carboxylic acids is 1. The largest absolute Gasteiger partial charge is 0.387 e. The molecule has 1 saturated heterocycles. The first-order chi connectivity index (χ1) is 15.6. The van der Waals surface area contributed by atoms with Crippen LogP contribution in [0.5, 0.6) is 0 Å². The molecule has 176 valence electrons. The van der Waals surface area contributed by atoms with Crippen molar-refractivity contribution in [1.29, 1.82) is 0 Å². The molecule has 2 aliphatic carbocycles. The Morgan fingerprint density at radius 2 is 1.76 bits per heavy atom. The summed E-state index contributed by atoms with van der Waals surface area (Å²) in [7, 11) is -3.89. The van der Waals surface area contributed by atoms with E-state index >= 15 is 0 Å². The van der Waals surface area contributed by atoms with Crippen molar-refractivity contribution in [1.82, 2.24) is 0 Å². The number of ether oxygens (including phenoxy) is 1. The second kappa shape index (κ2) is 8.01. The van der Waals surface area contributed by atoms with Crippen LogP contribution in [-0.2, 0) is 14.6 Å². The number of hydrogen-bond donors (Lipinski definition) is 2. The van der Waals surface area contributed by atoms with Gasteiger partial charge in [-0.05, 0) is 67.9 Å². The Balaban J connectivity index is 1.39. The van der Waals surface area contributed by atoms with Crippen LogP contribution in [0.15, 0.2) is 41.3 Å². The molecule has 2 aromatic carbocycles. The Morgan fingerprint density at radius 1 is 1.09 bits per heavy atom. The van der Waals surface area contributed by atoms with E-state index in [2.05, 4.69) is 5.32 Å². The number of rotatable bonds is 5. The molecule has 5 rings (SSSR count). The van der Waals surface area contributed by atoms with Gasteiger partial charge in [-0.2, -0.15) is 0 Å². The second-order valence-electron chi connectivity index (χ2n) is 9.05. The number of halogens is 3. The van der Waals surface area contributed by atoms with Gasteiger partial charge in [-0.15, -0.1) is 0 Å². The molecular weight excluding hydrogens is 476 g/mol. The summed E-state index contributed by atoms with van der Waals surface area (Å²) in [5.74, 6) is -3.17. The molecule has 3 fully saturated rings. The standard InChI is InChI=1S/C23H22ClF2NO5S/c24-17-5-1-12(22(28)27-15-4-6-18(25)19(26)10-15)7-20(17)33(30,31)16-8-13-2-3-14(9-16)23(13,29)21-11-32-21/h1,4-7,10,13-14,16,21,29H,2-3,8-9,11H2,(H,27,28)/t13-,14+,16?,21?,23?. The number of benzene rings is 2. The van der Waals surface area contributed by atoms with Crippen LogP contribution in [0.25, 0.3) is 0 Å². The van der Waals surface area contributed by atoms with Gasteiger partial charge in [0.05, 0.1) is 27.4 Å². The number of hydrogen-bond acceptors (Lipinski definition) is 5. The third-order valence-electron chi connectivity index (χ3n) is 7.23. The molecule has 5 atom stereocenters. The number of epoxide rings is 1. The molecule has 3 aliphatic rings. The van der Waals surface area contributed by atoms with Crippen molar-refractivity contribution in [3.63, 3.8) is 0 Å². The molecule has 0 radical (unpaired) electrons. The lowest BCUT2D eigenvalue weighted by Crippen LogP contribution is -2.51. The summed E-state index contributed by atoms with van der Waals surface area (Å²) in [5, 5.41) is 12.9. The van der Waals surface area contributed by atoms with Crippen molar-refractivity contribution in [3.8, 4) is 0 Å². The predicted octanol–water partition coefficient (Wildman–Crippen LogP) is 3.96. The summed E-state index contributed by atoms with van der Waals surface area (Å²) in [5.41, 5.74) is -0.921. The van der Waals surface area contributed by atoms with E-state index in [1.807, 2.05) is 0 Å². The summed E-state index contributed by atoms with van der Waals surface area (Å²) in [4.78, 5) is 12.5. The van der Waals surface area contributed by atoms with Crippen LogP contribution in [0.4, 0.5) is 14.5 Å². The zero-order chi connectivity index (χ0) is 23.5. The summed E-state index contributed by atoms with van der Waals surface area (Å²) in [6, 6.07) is 6.83. The number of nitrogens with one attached hydrogen (secondary N) is 1. The molecule has 2 aromatic rings. The van der Waals surface area contributed by atoms with Gasteiger partial charge in [0.2, 0.25) is 0 Å². The van der Waals surface area contributed by atoms with Crippen LogP contribution in [0.1, 0.15) is 36.0 Å². The maximum atomic E-state index is 13.5. The Labute approximate surface area is 194 Å². The van der Waals surface area contributed by atoms with Crippen LogP contribution in [-0.4, -0.2) is 43.0 Å². The van der Waals surface area contributed by atoms with Gasteiger partial charge in [-0.1, -0.05) is 11.6 Å². The highest BCUT2D eigenvalue weighted by Crippen LogP contribution is 2.56. The summed E-state index contributed by atoms with van der Waals surface area (Å²) in [6.45, 7) is 0.502. The Bertz CT molecular complexity index is 1220. The van der Waals surface area contributed by atoms with Crippen LogP contribution in [0.3, 0.4) is 0 Å². The van der Waals surface area contributed by atoms with E-state index in [4.69, 9.17) is 16.3 Å². The lowest BCUT2D eigenvalue weighted by molar-refractivity contribution is -0.0779. The van der Waals surface area contributed by atoms with Gasteiger partial charge in [0.1, 0.15) is 6.10 Å². The highest BCUT2D eigenvalue weighted by atomic mass is 35.5. The smallest absolute Gasteiger partial charge is 0.255 e. The molecular formula is C23H22ClF2NO5S. The van der Waals surface area contributed by atoms with E-state index < -0.39 is 38.2 Å². The van der Waals surface area contributed by atoms with Gasteiger partial charge >= 0.3 is 0 Å². The number of carbonyl (C=O) groups is 1. The maximum absolute atomic E-state index is 13.5. The molecule has 1 amide bonds. The van der Waals surface area contributed by atoms with Gasteiger partial charge in [-0.25, -0.2) is 17.2 Å². The van der Waals surface area contributed by atoms with Gasteiger partial charge in [0.15, 0.2) is 21.5 Å².